The van der Waals surface area contributed by atoms with E-state index >= 15 is 0 Å². The molecule has 2 N–H and O–H groups in total. The Bertz CT molecular complexity index is 1200. The first-order valence-corrected chi connectivity index (χ1v) is 12.8. The third-order valence-corrected chi connectivity index (χ3v) is 9.14. The van der Waals surface area contributed by atoms with Gasteiger partial charge in [0.05, 0.1) is 18.5 Å². The average molecular weight is 480 g/mol. The molecule has 1 saturated heterocycles. The molecule has 1 aliphatic heterocycles. The van der Waals surface area contributed by atoms with Crippen molar-refractivity contribution in [1.82, 2.24) is 4.90 Å². The van der Waals surface area contributed by atoms with Gasteiger partial charge in [0.15, 0.2) is 0 Å². The molecule has 2 heterocycles. The van der Waals surface area contributed by atoms with Gasteiger partial charge in [-0.2, -0.15) is 0 Å². The SMILES string of the molecule is COc1ccc(NS(=O)(=O)c2sc3ccc(Cl)cc3c2C)cc1NC1CCN(C)CC1. The van der Waals surface area contributed by atoms with Crippen molar-refractivity contribution >= 4 is 54.4 Å². The molecule has 1 aromatic heterocycles. The zero-order valence-electron chi connectivity index (χ0n) is 17.7. The van der Waals surface area contributed by atoms with E-state index in [4.69, 9.17) is 16.3 Å². The van der Waals surface area contributed by atoms with Gasteiger partial charge in [0.25, 0.3) is 10.0 Å². The number of thiophene rings is 1. The minimum atomic E-state index is -3.75. The number of sulfonamides is 1. The maximum atomic E-state index is 13.2. The quantitative estimate of drug-likeness (QED) is 0.509. The summed E-state index contributed by atoms with van der Waals surface area (Å²) in [7, 11) is -0.00828. The van der Waals surface area contributed by atoms with E-state index in [1.165, 1.54) is 11.3 Å². The number of halogens is 1. The van der Waals surface area contributed by atoms with Gasteiger partial charge in [-0.15, -0.1) is 11.3 Å². The van der Waals surface area contributed by atoms with Crippen molar-refractivity contribution in [2.75, 3.05) is 37.3 Å². The van der Waals surface area contributed by atoms with Gasteiger partial charge < -0.3 is 15.0 Å². The van der Waals surface area contributed by atoms with Crippen LogP contribution >= 0.6 is 22.9 Å². The molecule has 0 unspecified atom stereocenters. The van der Waals surface area contributed by atoms with Crippen LogP contribution < -0.4 is 14.8 Å². The van der Waals surface area contributed by atoms with Crippen molar-refractivity contribution in [2.45, 2.75) is 30.0 Å². The van der Waals surface area contributed by atoms with E-state index in [1.54, 1.807) is 37.4 Å². The Morgan fingerprint density at radius 2 is 1.90 bits per heavy atom. The Morgan fingerprint density at radius 1 is 1.16 bits per heavy atom. The molecule has 0 saturated carbocycles. The molecule has 2 aromatic carbocycles. The van der Waals surface area contributed by atoms with Gasteiger partial charge in [-0.05, 0) is 87.3 Å². The van der Waals surface area contributed by atoms with Crippen LogP contribution in [0.15, 0.2) is 40.6 Å². The van der Waals surface area contributed by atoms with E-state index in [9.17, 15) is 8.42 Å². The largest absolute Gasteiger partial charge is 0.495 e. The summed E-state index contributed by atoms with van der Waals surface area (Å²) in [4.78, 5) is 2.31. The third-order valence-electron chi connectivity index (χ3n) is 5.63. The normalized spacial score (nSPS) is 15.9. The summed E-state index contributed by atoms with van der Waals surface area (Å²) in [6.45, 7) is 3.87. The van der Waals surface area contributed by atoms with Crippen LogP contribution in [-0.4, -0.2) is 46.6 Å². The first kappa shape index (κ1) is 22.2. The van der Waals surface area contributed by atoms with Gasteiger partial charge in [-0.3, -0.25) is 4.72 Å². The molecule has 4 rings (SSSR count). The summed E-state index contributed by atoms with van der Waals surface area (Å²) in [5.41, 5.74) is 1.98. The van der Waals surface area contributed by atoms with Gasteiger partial charge >= 0.3 is 0 Å². The monoisotopic (exact) mass is 479 g/mol. The van der Waals surface area contributed by atoms with Crippen LogP contribution in [0.3, 0.4) is 0 Å². The standard InChI is InChI=1S/C22H26ClN3O3S2/c1-14-18-12-15(23)4-7-21(18)30-22(14)31(27,28)25-17-5-6-20(29-3)19(13-17)24-16-8-10-26(2)11-9-16/h4-7,12-13,16,24-25H,8-11H2,1-3H3. The number of ether oxygens (including phenoxy) is 1. The van der Waals surface area contributed by atoms with Crippen LogP contribution in [0.2, 0.25) is 5.02 Å². The number of rotatable bonds is 6. The molecule has 0 spiro atoms. The number of nitrogens with zero attached hydrogens (tertiary/aromatic N) is 1. The molecule has 6 nitrogen and oxygen atoms in total. The maximum absolute atomic E-state index is 13.2. The van der Waals surface area contributed by atoms with Gasteiger partial charge in [0, 0.05) is 15.8 Å². The minimum Gasteiger partial charge on any atom is -0.495 e. The number of anilines is 2. The number of nitrogens with one attached hydrogen (secondary N) is 2. The molecule has 9 heteroatoms. The molecule has 0 atom stereocenters. The third kappa shape index (κ3) is 4.77. The van der Waals surface area contributed by atoms with Crippen molar-refractivity contribution in [3.05, 3.63) is 47.0 Å². The first-order chi connectivity index (χ1) is 14.8. The van der Waals surface area contributed by atoms with Gasteiger partial charge in [0.2, 0.25) is 0 Å². The summed E-state index contributed by atoms with van der Waals surface area (Å²) >= 11 is 7.34. The predicted octanol–water partition coefficient (Wildman–Crippen LogP) is 5.18. The van der Waals surface area contributed by atoms with Crippen LogP contribution in [0.1, 0.15) is 18.4 Å². The Balaban J connectivity index is 1.60. The molecule has 0 aliphatic carbocycles. The highest BCUT2D eigenvalue weighted by atomic mass is 35.5. The van der Waals surface area contributed by atoms with E-state index in [0.29, 0.717) is 32.3 Å². The zero-order chi connectivity index (χ0) is 22.2. The molecular weight excluding hydrogens is 454 g/mol. The molecule has 1 aliphatic rings. The Hall–Kier alpha value is -2.00. The molecule has 0 bridgehead atoms. The van der Waals surface area contributed by atoms with Crippen molar-refractivity contribution in [2.24, 2.45) is 0 Å². The van der Waals surface area contributed by atoms with Crippen molar-refractivity contribution < 1.29 is 13.2 Å². The fourth-order valence-corrected chi connectivity index (χ4v) is 6.85. The highest BCUT2D eigenvalue weighted by Crippen LogP contribution is 2.37. The molecule has 1 fully saturated rings. The number of hydrogen-bond donors (Lipinski definition) is 2. The van der Waals surface area contributed by atoms with Crippen LogP contribution in [-0.2, 0) is 10.0 Å². The maximum Gasteiger partial charge on any atom is 0.271 e. The average Bonchev–Trinajstić information content (AvgIpc) is 3.07. The number of likely N-dealkylation sites (tertiary alicyclic amines) is 1. The molecule has 3 aromatic rings. The predicted molar refractivity (Wildman–Crippen MR) is 130 cm³/mol. The first-order valence-electron chi connectivity index (χ1n) is 10.1. The second-order valence-corrected chi connectivity index (χ2v) is 11.3. The lowest BCUT2D eigenvalue weighted by Gasteiger charge is -2.30. The summed E-state index contributed by atoms with van der Waals surface area (Å²) in [5.74, 6) is 0.689. The number of aryl methyl sites for hydroxylation is 1. The van der Waals surface area contributed by atoms with Gasteiger partial charge in [-0.25, -0.2) is 8.42 Å². The number of fused-ring (bicyclic) bond motifs is 1. The van der Waals surface area contributed by atoms with E-state index in [1.807, 2.05) is 13.0 Å². The summed E-state index contributed by atoms with van der Waals surface area (Å²) in [6, 6.07) is 11.1. The van der Waals surface area contributed by atoms with Crippen molar-refractivity contribution in [1.29, 1.82) is 0 Å². The fourth-order valence-electron chi connectivity index (χ4n) is 3.89. The number of hydrogen-bond acceptors (Lipinski definition) is 6. The second-order valence-electron chi connectivity index (χ2n) is 7.90. The highest BCUT2D eigenvalue weighted by molar-refractivity contribution is 7.94. The Kier molecular flexibility index (Phi) is 6.35. The van der Waals surface area contributed by atoms with Crippen molar-refractivity contribution in [3.8, 4) is 5.75 Å². The molecule has 0 radical (unpaired) electrons. The van der Waals surface area contributed by atoms with Gasteiger partial charge in [-0.1, -0.05) is 11.6 Å². The van der Waals surface area contributed by atoms with E-state index in [0.717, 1.165) is 41.7 Å². The Morgan fingerprint density at radius 3 is 2.61 bits per heavy atom. The second kappa shape index (κ2) is 8.86. The molecule has 0 amide bonds. The van der Waals surface area contributed by atoms with Crippen LogP contribution in [0.4, 0.5) is 11.4 Å². The fraction of sp³-hybridized carbons (Fsp3) is 0.364. The lowest BCUT2D eigenvalue weighted by atomic mass is 10.0. The number of benzene rings is 2. The lowest BCUT2D eigenvalue weighted by molar-refractivity contribution is 0.263. The summed E-state index contributed by atoms with van der Waals surface area (Å²) in [6.07, 6.45) is 2.05. The summed E-state index contributed by atoms with van der Waals surface area (Å²) < 4.78 is 35.8. The minimum absolute atomic E-state index is 0.297. The van der Waals surface area contributed by atoms with Gasteiger partial charge in [0.1, 0.15) is 9.96 Å². The van der Waals surface area contributed by atoms with Crippen molar-refractivity contribution in [3.63, 3.8) is 0 Å². The number of methoxy groups -OCH3 is 1. The van der Waals surface area contributed by atoms with Crippen LogP contribution in [0.25, 0.3) is 10.1 Å². The zero-order valence-corrected chi connectivity index (χ0v) is 20.1. The smallest absolute Gasteiger partial charge is 0.271 e. The molecule has 31 heavy (non-hydrogen) atoms. The van der Waals surface area contributed by atoms with E-state index in [-0.39, 0.29) is 0 Å². The number of piperidine rings is 1. The summed E-state index contributed by atoms with van der Waals surface area (Å²) in [5, 5.41) is 4.97. The lowest BCUT2D eigenvalue weighted by Crippen LogP contribution is -2.36. The van der Waals surface area contributed by atoms with E-state index < -0.39 is 10.0 Å². The van der Waals surface area contributed by atoms with E-state index in [2.05, 4.69) is 22.0 Å². The molecule has 166 valence electrons. The Labute approximate surface area is 192 Å². The molecular formula is C22H26ClN3O3S2. The topological polar surface area (TPSA) is 70.7 Å². The van der Waals surface area contributed by atoms with Crippen LogP contribution in [0, 0.1) is 6.92 Å². The highest BCUT2D eigenvalue weighted by Gasteiger charge is 2.23. The van der Waals surface area contributed by atoms with Crippen LogP contribution in [0.5, 0.6) is 5.75 Å².